The monoisotopic (exact) mass is 348 g/mol. The number of rotatable bonds is 1. The second-order valence-electron chi connectivity index (χ2n) is 4.89. The molecule has 126 valence electrons. The van der Waals surface area contributed by atoms with Crippen molar-refractivity contribution < 1.29 is 30.6 Å². The van der Waals surface area contributed by atoms with Gasteiger partial charge in [0.1, 0.15) is 0 Å². The van der Waals surface area contributed by atoms with Gasteiger partial charge in [-0.3, -0.25) is 0 Å². The summed E-state index contributed by atoms with van der Waals surface area (Å²) in [6.45, 7) is 6.28. The van der Waals surface area contributed by atoms with Crippen LogP contribution in [0.4, 0.5) is 13.2 Å². The molecule has 0 atom stereocenters. The van der Waals surface area contributed by atoms with Gasteiger partial charge in [0.05, 0.1) is 5.56 Å². The molecule has 0 unspecified atom stereocenters. The fraction of sp³-hybridized carbons (Fsp3) is 0.267. The Morgan fingerprint density at radius 2 is 1.52 bits per heavy atom. The summed E-state index contributed by atoms with van der Waals surface area (Å²) < 4.78 is 64.4. The zero-order valence-electron chi connectivity index (χ0n) is 12.6. The summed E-state index contributed by atoms with van der Waals surface area (Å²) in [5.74, 6) is 0.938. The summed E-state index contributed by atoms with van der Waals surface area (Å²) in [7, 11) is -6.09. The van der Waals surface area contributed by atoms with Gasteiger partial charge in [0.2, 0.25) is 0 Å². The van der Waals surface area contributed by atoms with Crippen LogP contribution in [-0.2, 0) is 10.1 Å². The molecule has 0 spiro atoms. The summed E-state index contributed by atoms with van der Waals surface area (Å²) in [5, 5.41) is 0. The maximum absolute atomic E-state index is 10.7. The first-order valence-corrected chi connectivity index (χ1v) is 7.81. The average Bonchev–Trinajstić information content (AvgIpc) is 2.36. The third-order valence-electron chi connectivity index (χ3n) is 2.82. The molecule has 0 radical (unpaired) electrons. The van der Waals surface area contributed by atoms with Gasteiger partial charge in [-0.05, 0) is 38.0 Å². The van der Waals surface area contributed by atoms with E-state index in [-0.39, 0.29) is 0 Å². The molecule has 1 aromatic carbocycles. The van der Waals surface area contributed by atoms with Gasteiger partial charge in [-0.2, -0.15) is 13.2 Å². The second kappa shape index (κ2) is 7.10. The van der Waals surface area contributed by atoms with Gasteiger partial charge >= 0.3 is 17.5 Å². The molecular weight excluding hydrogens is 333 g/mol. The van der Waals surface area contributed by atoms with E-state index >= 15 is 0 Å². The van der Waals surface area contributed by atoms with Crippen molar-refractivity contribution in [2.75, 3.05) is 0 Å². The molecule has 4 nitrogen and oxygen atoms in total. The van der Waals surface area contributed by atoms with Crippen LogP contribution in [0.2, 0.25) is 0 Å². The largest absolute Gasteiger partial charge is 0.741 e. The predicted molar refractivity (Wildman–Crippen MR) is 78.5 cm³/mol. The predicted octanol–water partition coefficient (Wildman–Crippen LogP) is 4.20. The van der Waals surface area contributed by atoms with E-state index in [1.165, 1.54) is 22.3 Å². The fourth-order valence-electron chi connectivity index (χ4n) is 1.73. The van der Waals surface area contributed by atoms with E-state index in [0.717, 1.165) is 5.76 Å². The Morgan fingerprint density at radius 1 is 1.00 bits per heavy atom. The van der Waals surface area contributed by atoms with E-state index in [2.05, 4.69) is 45.0 Å². The highest BCUT2D eigenvalue weighted by atomic mass is 32.2. The minimum absolute atomic E-state index is 0.938. The minimum atomic E-state index is -6.09. The molecule has 2 rings (SSSR count). The van der Waals surface area contributed by atoms with E-state index < -0.39 is 15.6 Å². The van der Waals surface area contributed by atoms with Crippen LogP contribution in [0.5, 0.6) is 0 Å². The Labute approximate surface area is 132 Å². The van der Waals surface area contributed by atoms with Crippen LogP contribution in [0.3, 0.4) is 0 Å². The maximum Gasteiger partial charge on any atom is 0.485 e. The number of halogens is 3. The first-order chi connectivity index (χ1) is 10.4. The summed E-state index contributed by atoms with van der Waals surface area (Å²) in [6.07, 6.45) is 1.74. The zero-order chi connectivity index (χ0) is 17.8. The van der Waals surface area contributed by atoms with Crippen molar-refractivity contribution in [2.24, 2.45) is 0 Å². The molecule has 8 heteroatoms. The highest BCUT2D eigenvalue weighted by Gasteiger charge is 2.36. The van der Waals surface area contributed by atoms with E-state index in [9.17, 15) is 13.2 Å². The smallest absolute Gasteiger partial charge is 0.485 e. The van der Waals surface area contributed by atoms with Crippen LogP contribution in [0.15, 0.2) is 41.0 Å². The average molecular weight is 348 g/mol. The van der Waals surface area contributed by atoms with Crippen molar-refractivity contribution in [3.05, 3.63) is 53.3 Å². The first-order valence-electron chi connectivity index (χ1n) is 6.40. The van der Waals surface area contributed by atoms with Crippen LogP contribution in [0.1, 0.15) is 16.7 Å². The normalized spacial score (nSPS) is 11.6. The second-order valence-corrected chi connectivity index (χ2v) is 6.26. The molecule has 1 aromatic heterocycles. The lowest BCUT2D eigenvalue weighted by Crippen LogP contribution is -2.21. The molecule has 0 amide bonds. The van der Waals surface area contributed by atoms with Crippen LogP contribution < -0.4 is 0 Å². The van der Waals surface area contributed by atoms with Crippen molar-refractivity contribution in [1.82, 2.24) is 0 Å². The molecule has 0 fully saturated rings. The van der Waals surface area contributed by atoms with Crippen LogP contribution in [-0.4, -0.2) is 18.5 Å². The Bertz CT molecular complexity index is 784. The van der Waals surface area contributed by atoms with Gasteiger partial charge in [-0.25, -0.2) is 12.8 Å². The molecule has 0 bridgehead atoms. The molecule has 0 saturated carbocycles. The molecule has 2 aromatic rings. The maximum atomic E-state index is 10.7. The topological polar surface area (TPSA) is 68.5 Å². The molecule has 0 aliphatic heterocycles. The SMILES string of the molecule is Cc1cc[o+]c(-c2ccc(C)cc2C)c1.O=S(=O)([O-])C(F)(F)F. The third kappa shape index (κ3) is 5.65. The third-order valence-corrected chi connectivity index (χ3v) is 3.38. The van der Waals surface area contributed by atoms with Gasteiger partial charge in [-0.15, -0.1) is 0 Å². The Balaban J connectivity index is 0.000000284. The zero-order valence-corrected chi connectivity index (χ0v) is 13.5. The Kier molecular flexibility index (Phi) is 5.90. The molecule has 0 N–H and O–H groups in total. The molecule has 0 aliphatic carbocycles. The van der Waals surface area contributed by atoms with Crippen molar-refractivity contribution in [1.29, 1.82) is 0 Å². The van der Waals surface area contributed by atoms with Crippen LogP contribution >= 0.6 is 0 Å². The van der Waals surface area contributed by atoms with E-state index in [1.54, 1.807) is 6.26 Å². The van der Waals surface area contributed by atoms with E-state index in [1.807, 2.05) is 6.07 Å². The number of aryl methyl sites for hydroxylation is 3. The van der Waals surface area contributed by atoms with Crippen molar-refractivity contribution in [3.63, 3.8) is 0 Å². The lowest BCUT2D eigenvalue weighted by atomic mass is 10.0. The van der Waals surface area contributed by atoms with Crippen LogP contribution in [0, 0.1) is 20.8 Å². The fourth-order valence-corrected chi connectivity index (χ4v) is 1.73. The van der Waals surface area contributed by atoms with Crippen LogP contribution in [0.25, 0.3) is 11.3 Å². The van der Waals surface area contributed by atoms with Gasteiger partial charge < -0.3 is 4.55 Å². The molecule has 1 heterocycles. The number of hydrogen-bond donors (Lipinski definition) is 0. The molecule has 23 heavy (non-hydrogen) atoms. The standard InChI is InChI=1S/C14H15O.CHF3O3S/c1-10-4-5-13(12(3)8-10)14-9-11(2)6-7-15-14;2-1(3,4)8(5,6)7/h4-9H,1-3H3;(H,5,6,7)/q+1;/p-1. The quantitative estimate of drug-likeness (QED) is 0.440. The van der Waals surface area contributed by atoms with Gasteiger partial charge in [0.25, 0.3) is 0 Å². The van der Waals surface area contributed by atoms with Gasteiger partial charge in [-0.1, -0.05) is 17.7 Å². The summed E-state index contributed by atoms with van der Waals surface area (Å²) in [6, 6.07) is 10.4. The summed E-state index contributed by atoms with van der Waals surface area (Å²) >= 11 is 0. The van der Waals surface area contributed by atoms with Crippen molar-refractivity contribution in [3.8, 4) is 11.3 Å². The Morgan fingerprint density at radius 3 is 1.96 bits per heavy atom. The molecule has 0 saturated heterocycles. The highest BCUT2D eigenvalue weighted by molar-refractivity contribution is 7.86. The van der Waals surface area contributed by atoms with Crippen molar-refractivity contribution >= 4 is 10.1 Å². The first kappa shape index (κ1) is 19.1. The Hall–Kier alpha value is -1.93. The van der Waals surface area contributed by atoms with Crippen molar-refractivity contribution in [2.45, 2.75) is 26.3 Å². The van der Waals surface area contributed by atoms with Gasteiger partial charge in [0.15, 0.2) is 10.1 Å². The number of hydrogen-bond acceptors (Lipinski definition) is 3. The summed E-state index contributed by atoms with van der Waals surface area (Å²) in [5.41, 5.74) is -0.721. The lowest BCUT2D eigenvalue weighted by Gasteiger charge is -2.08. The highest BCUT2D eigenvalue weighted by Crippen LogP contribution is 2.24. The van der Waals surface area contributed by atoms with E-state index in [4.69, 9.17) is 17.4 Å². The van der Waals surface area contributed by atoms with Gasteiger partial charge in [0, 0.05) is 12.1 Å². The number of alkyl halides is 3. The molecular formula is C15H15F3O4S. The number of benzene rings is 1. The summed E-state index contributed by atoms with van der Waals surface area (Å²) in [4.78, 5) is 0. The van der Waals surface area contributed by atoms with E-state index in [0.29, 0.717) is 0 Å². The molecule has 0 aliphatic rings. The minimum Gasteiger partial charge on any atom is -0.741 e. The lowest BCUT2D eigenvalue weighted by molar-refractivity contribution is -0.0517.